The smallest absolute Gasteiger partial charge is 0.0481 e. The molecular weight excluding hydrogens is 256 g/mol. The quantitative estimate of drug-likeness (QED) is 0.792. The van der Waals surface area contributed by atoms with Crippen LogP contribution in [-0.4, -0.2) is 11.5 Å². The molecule has 102 valence electrons. The van der Waals surface area contributed by atoms with Crippen LogP contribution >= 0.6 is 11.6 Å². The van der Waals surface area contributed by atoms with E-state index in [1.807, 2.05) is 6.07 Å². The van der Waals surface area contributed by atoms with Crippen molar-refractivity contribution in [3.8, 4) is 0 Å². The number of halogens is 1. The molecule has 1 atom stereocenters. The van der Waals surface area contributed by atoms with Gasteiger partial charge in [-0.05, 0) is 48.6 Å². The molecule has 0 spiro atoms. The molecule has 1 unspecified atom stereocenters. The third-order valence-corrected chi connectivity index (χ3v) is 4.07. The van der Waals surface area contributed by atoms with E-state index < -0.39 is 0 Å². The molecule has 19 heavy (non-hydrogen) atoms. The molecule has 0 amide bonds. The van der Waals surface area contributed by atoms with Crippen LogP contribution in [0.3, 0.4) is 0 Å². The molecule has 3 rings (SSSR count). The van der Waals surface area contributed by atoms with Gasteiger partial charge in [0.1, 0.15) is 0 Å². The summed E-state index contributed by atoms with van der Waals surface area (Å²) in [5.74, 6) is 0. The number of fused-ring (bicyclic) bond motifs is 3. The molecule has 0 aliphatic carbocycles. The highest BCUT2D eigenvalue weighted by molar-refractivity contribution is 6.31. The average Bonchev–Trinajstić information content (AvgIpc) is 2.67. The Balaban J connectivity index is 2.07. The molecule has 0 saturated carbocycles. The van der Waals surface area contributed by atoms with E-state index >= 15 is 0 Å². The largest absolute Gasteiger partial charge is 0.357 e. The van der Waals surface area contributed by atoms with Gasteiger partial charge in [0.05, 0.1) is 0 Å². The molecule has 0 radical (unpaired) electrons. The summed E-state index contributed by atoms with van der Waals surface area (Å²) < 4.78 is 0. The summed E-state index contributed by atoms with van der Waals surface area (Å²) in [5.41, 5.74) is 4.34. The van der Waals surface area contributed by atoms with Crippen LogP contribution in [0.1, 0.15) is 44.5 Å². The number of nitrogens with one attached hydrogen (secondary N) is 2. The third-order valence-electron chi connectivity index (χ3n) is 3.83. The van der Waals surface area contributed by atoms with Crippen molar-refractivity contribution >= 4 is 22.5 Å². The summed E-state index contributed by atoms with van der Waals surface area (Å²) in [4.78, 5) is 3.59. The van der Waals surface area contributed by atoms with Crippen molar-refractivity contribution in [3.63, 3.8) is 0 Å². The van der Waals surface area contributed by atoms with E-state index in [2.05, 4.69) is 43.2 Å². The SMILES string of the molecule is CC(C)(C)CC1NCCc2c1[nH]c1ccc(Cl)cc21. The lowest BCUT2D eigenvalue weighted by atomic mass is 9.84. The van der Waals surface area contributed by atoms with Crippen molar-refractivity contribution in [2.75, 3.05) is 6.54 Å². The van der Waals surface area contributed by atoms with E-state index in [1.165, 1.54) is 22.2 Å². The Morgan fingerprint density at radius 3 is 2.84 bits per heavy atom. The van der Waals surface area contributed by atoms with Gasteiger partial charge in [-0.2, -0.15) is 0 Å². The zero-order chi connectivity index (χ0) is 13.6. The van der Waals surface area contributed by atoms with Gasteiger partial charge >= 0.3 is 0 Å². The summed E-state index contributed by atoms with van der Waals surface area (Å²) in [5, 5.41) is 5.76. The van der Waals surface area contributed by atoms with E-state index in [0.717, 1.165) is 24.4 Å². The van der Waals surface area contributed by atoms with Crippen molar-refractivity contribution in [2.24, 2.45) is 5.41 Å². The van der Waals surface area contributed by atoms with Gasteiger partial charge in [0.2, 0.25) is 0 Å². The van der Waals surface area contributed by atoms with E-state index in [1.54, 1.807) is 0 Å². The van der Waals surface area contributed by atoms with Gasteiger partial charge in [-0.25, -0.2) is 0 Å². The van der Waals surface area contributed by atoms with Gasteiger partial charge in [0.15, 0.2) is 0 Å². The van der Waals surface area contributed by atoms with Crippen LogP contribution < -0.4 is 5.32 Å². The van der Waals surface area contributed by atoms with Crippen LogP contribution in [0.25, 0.3) is 10.9 Å². The first-order valence-electron chi connectivity index (χ1n) is 6.97. The highest BCUT2D eigenvalue weighted by atomic mass is 35.5. The monoisotopic (exact) mass is 276 g/mol. The first kappa shape index (κ1) is 13.0. The molecule has 0 fully saturated rings. The Morgan fingerprint density at radius 2 is 2.11 bits per heavy atom. The van der Waals surface area contributed by atoms with E-state index in [-0.39, 0.29) is 0 Å². The zero-order valence-corrected chi connectivity index (χ0v) is 12.6. The molecule has 2 N–H and O–H groups in total. The average molecular weight is 277 g/mol. The standard InChI is InChI=1S/C16H21ClN2/c1-16(2,3)9-14-15-11(6-7-18-14)12-8-10(17)4-5-13(12)19-15/h4-5,8,14,18-19H,6-7,9H2,1-3H3. The minimum atomic E-state index is 0.321. The molecule has 1 aliphatic heterocycles. The lowest BCUT2D eigenvalue weighted by Gasteiger charge is -2.30. The maximum absolute atomic E-state index is 6.13. The first-order valence-corrected chi connectivity index (χ1v) is 7.35. The predicted octanol–water partition coefficient (Wildman–Crippen LogP) is 4.44. The van der Waals surface area contributed by atoms with E-state index in [9.17, 15) is 0 Å². The van der Waals surface area contributed by atoms with E-state index in [4.69, 9.17) is 11.6 Å². The summed E-state index contributed by atoms with van der Waals surface area (Å²) in [7, 11) is 0. The Hall–Kier alpha value is -0.990. The fourth-order valence-electron chi connectivity index (χ4n) is 3.07. The number of hydrogen-bond acceptors (Lipinski definition) is 1. The summed E-state index contributed by atoms with van der Waals surface area (Å²) in [6, 6.07) is 6.56. The van der Waals surface area contributed by atoms with Crippen LogP contribution in [-0.2, 0) is 6.42 Å². The molecule has 1 aromatic carbocycles. The Morgan fingerprint density at radius 1 is 1.32 bits per heavy atom. The number of aromatic nitrogens is 1. The first-order chi connectivity index (χ1) is 8.94. The maximum atomic E-state index is 6.13. The number of H-pyrrole nitrogens is 1. The van der Waals surface area contributed by atoms with Gasteiger partial charge in [-0.1, -0.05) is 32.4 Å². The molecule has 1 aliphatic rings. The molecule has 0 saturated heterocycles. The van der Waals surface area contributed by atoms with Crippen molar-refractivity contribution in [2.45, 2.75) is 39.7 Å². The Labute approximate surface area is 119 Å². The second-order valence-electron chi connectivity index (χ2n) is 6.73. The fourth-order valence-corrected chi connectivity index (χ4v) is 3.24. The number of hydrogen-bond donors (Lipinski definition) is 2. The fraction of sp³-hybridized carbons (Fsp3) is 0.500. The van der Waals surface area contributed by atoms with Gasteiger partial charge in [-0.15, -0.1) is 0 Å². The summed E-state index contributed by atoms with van der Waals surface area (Å²) >= 11 is 6.13. The number of aromatic amines is 1. The van der Waals surface area contributed by atoms with Crippen LogP contribution in [0.4, 0.5) is 0 Å². The molecule has 2 heterocycles. The van der Waals surface area contributed by atoms with Crippen molar-refractivity contribution in [1.29, 1.82) is 0 Å². The summed E-state index contributed by atoms with van der Waals surface area (Å²) in [6.07, 6.45) is 2.22. The Kier molecular flexibility index (Phi) is 3.11. The van der Waals surface area contributed by atoms with Crippen molar-refractivity contribution < 1.29 is 0 Å². The van der Waals surface area contributed by atoms with E-state index in [0.29, 0.717) is 11.5 Å². The highest BCUT2D eigenvalue weighted by Gasteiger charge is 2.27. The van der Waals surface area contributed by atoms with Crippen LogP contribution in [0, 0.1) is 5.41 Å². The molecule has 2 nitrogen and oxygen atoms in total. The topological polar surface area (TPSA) is 27.8 Å². The highest BCUT2D eigenvalue weighted by Crippen LogP contribution is 2.36. The predicted molar refractivity (Wildman–Crippen MR) is 81.8 cm³/mol. The Bertz CT molecular complexity index is 607. The van der Waals surface area contributed by atoms with Gasteiger partial charge in [0.25, 0.3) is 0 Å². The molecule has 0 bridgehead atoms. The summed E-state index contributed by atoms with van der Waals surface area (Å²) in [6.45, 7) is 7.93. The van der Waals surface area contributed by atoms with Gasteiger partial charge in [0, 0.05) is 27.7 Å². The van der Waals surface area contributed by atoms with Crippen LogP contribution in [0.2, 0.25) is 5.02 Å². The second kappa shape index (κ2) is 4.53. The minimum Gasteiger partial charge on any atom is -0.357 e. The third kappa shape index (κ3) is 2.52. The van der Waals surface area contributed by atoms with Crippen LogP contribution in [0.5, 0.6) is 0 Å². The molecular formula is C16H21ClN2. The lowest BCUT2D eigenvalue weighted by Crippen LogP contribution is -2.32. The maximum Gasteiger partial charge on any atom is 0.0481 e. The van der Waals surface area contributed by atoms with Crippen molar-refractivity contribution in [3.05, 3.63) is 34.5 Å². The van der Waals surface area contributed by atoms with Gasteiger partial charge in [-0.3, -0.25) is 0 Å². The second-order valence-corrected chi connectivity index (χ2v) is 7.17. The number of rotatable bonds is 1. The number of benzene rings is 1. The van der Waals surface area contributed by atoms with Crippen molar-refractivity contribution in [1.82, 2.24) is 10.3 Å². The minimum absolute atomic E-state index is 0.321. The molecule has 2 aromatic rings. The normalized spacial score (nSPS) is 19.7. The molecule has 1 aromatic heterocycles. The molecule has 3 heteroatoms. The van der Waals surface area contributed by atoms with Gasteiger partial charge < -0.3 is 10.3 Å². The zero-order valence-electron chi connectivity index (χ0n) is 11.8. The van der Waals surface area contributed by atoms with Crippen LogP contribution in [0.15, 0.2) is 18.2 Å². The lowest BCUT2D eigenvalue weighted by molar-refractivity contribution is 0.302.